The number of benzene rings is 1. The molecule has 4 aliphatic carbocycles. The largest absolute Gasteiger partial charge is 0.497 e. The van der Waals surface area contributed by atoms with Gasteiger partial charge in [0.15, 0.2) is 0 Å². The van der Waals surface area contributed by atoms with Gasteiger partial charge in [0, 0.05) is 18.8 Å². The van der Waals surface area contributed by atoms with E-state index in [2.05, 4.69) is 43.0 Å². The molecule has 5 rings (SSSR count). The highest BCUT2D eigenvalue weighted by Crippen LogP contribution is 2.66. The van der Waals surface area contributed by atoms with Gasteiger partial charge < -0.3 is 4.74 Å². The van der Waals surface area contributed by atoms with Gasteiger partial charge in [-0.15, -0.1) is 5.92 Å². The first-order valence-electron chi connectivity index (χ1n) is 11.8. The third kappa shape index (κ3) is 3.05. The van der Waals surface area contributed by atoms with Gasteiger partial charge in [0.05, 0.1) is 7.11 Å². The van der Waals surface area contributed by atoms with Crippen molar-refractivity contribution in [3.63, 3.8) is 0 Å². The molecule has 0 unspecified atom stereocenters. The molecule has 4 aliphatic rings. The van der Waals surface area contributed by atoms with E-state index in [9.17, 15) is 4.79 Å². The summed E-state index contributed by atoms with van der Waals surface area (Å²) in [6, 6.07) is 8.79. The molecule has 0 heterocycles. The first-order valence-corrected chi connectivity index (χ1v) is 11.8. The van der Waals surface area contributed by atoms with Crippen LogP contribution in [0.5, 0.6) is 5.75 Å². The average molecular weight is 403 g/mol. The van der Waals surface area contributed by atoms with Gasteiger partial charge in [-0.05, 0) is 92.2 Å². The fourth-order valence-electron chi connectivity index (χ4n) is 7.78. The van der Waals surface area contributed by atoms with Crippen molar-refractivity contribution in [3.05, 3.63) is 41.0 Å². The maximum atomic E-state index is 12.2. The normalized spacial score (nSPS) is 37.6. The quantitative estimate of drug-likeness (QED) is 0.428. The predicted octanol–water partition coefficient (Wildman–Crippen LogP) is 6.31. The SMILES string of the molecule is CC#C[C@@H]1CC[C@H]2[C@@H]3CCC4=C(CCC(=O)C4)[C@H]3[C@@H](c3cccc(OC)c3)C[C@]12C. The summed E-state index contributed by atoms with van der Waals surface area (Å²) in [5, 5.41) is 0. The van der Waals surface area contributed by atoms with Gasteiger partial charge in [0.25, 0.3) is 0 Å². The number of carbonyl (C=O) groups excluding carboxylic acids is 1. The molecule has 6 atom stereocenters. The highest BCUT2D eigenvalue weighted by atomic mass is 16.5. The molecular formula is C28H34O2. The molecular weight excluding hydrogens is 368 g/mol. The number of allylic oxidation sites excluding steroid dienone is 2. The summed E-state index contributed by atoms with van der Waals surface area (Å²) in [5.41, 5.74) is 4.86. The molecule has 0 N–H and O–H groups in total. The number of ether oxygens (including phenoxy) is 1. The summed E-state index contributed by atoms with van der Waals surface area (Å²) in [6.07, 6.45) is 8.64. The van der Waals surface area contributed by atoms with Crippen LogP contribution in [0, 0.1) is 40.9 Å². The Bertz CT molecular complexity index is 945. The van der Waals surface area contributed by atoms with Gasteiger partial charge in [0.2, 0.25) is 0 Å². The number of fused-ring (bicyclic) bond motifs is 4. The average Bonchev–Trinajstić information content (AvgIpc) is 3.09. The molecule has 2 heteroatoms. The molecule has 0 bridgehead atoms. The van der Waals surface area contributed by atoms with Crippen LogP contribution in [-0.4, -0.2) is 12.9 Å². The summed E-state index contributed by atoms with van der Waals surface area (Å²) < 4.78 is 5.59. The molecule has 2 fully saturated rings. The number of Topliss-reactive ketones (excluding diaryl/α,β-unsaturated/α-hetero) is 1. The molecule has 0 radical (unpaired) electrons. The van der Waals surface area contributed by atoms with Crippen LogP contribution in [-0.2, 0) is 4.79 Å². The molecule has 1 aromatic carbocycles. The van der Waals surface area contributed by atoms with Crippen LogP contribution in [0.3, 0.4) is 0 Å². The molecule has 1 aromatic rings. The van der Waals surface area contributed by atoms with Crippen LogP contribution in [0.15, 0.2) is 35.4 Å². The second-order valence-electron chi connectivity index (χ2n) is 10.3. The fraction of sp³-hybridized carbons (Fsp3) is 0.607. The van der Waals surface area contributed by atoms with E-state index in [1.54, 1.807) is 12.7 Å². The number of carbonyl (C=O) groups is 1. The molecule has 2 nitrogen and oxygen atoms in total. The van der Waals surface area contributed by atoms with Crippen LogP contribution in [0.1, 0.15) is 76.7 Å². The fourth-order valence-corrected chi connectivity index (χ4v) is 7.78. The second kappa shape index (κ2) is 7.60. The molecule has 0 amide bonds. The Kier molecular flexibility index (Phi) is 5.04. The standard InChI is InChI=1S/C28H34O2/c1-4-6-20-10-14-26-24-12-9-19-15-21(29)11-13-23(19)27(24)25(17-28(20,26)2)18-7-5-8-22(16-18)30-3/h5,7-8,16,20,24-27H,9-15,17H2,1-3H3/t20-,24+,25-,26+,27-,28-/m1/s1. The summed E-state index contributed by atoms with van der Waals surface area (Å²) in [4.78, 5) is 12.2. The van der Waals surface area contributed by atoms with Crippen LogP contribution >= 0.6 is 0 Å². The Morgan fingerprint density at radius 2 is 2.00 bits per heavy atom. The minimum atomic E-state index is 0.292. The Morgan fingerprint density at radius 3 is 2.80 bits per heavy atom. The minimum Gasteiger partial charge on any atom is -0.497 e. The number of hydrogen-bond acceptors (Lipinski definition) is 2. The van der Waals surface area contributed by atoms with E-state index in [4.69, 9.17) is 4.74 Å². The molecule has 158 valence electrons. The third-order valence-electron chi connectivity index (χ3n) is 9.04. The Labute approximate surface area is 181 Å². The molecule has 0 spiro atoms. The molecule has 30 heavy (non-hydrogen) atoms. The van der Waals surface area contributed by atoms with Crippen molar-refractivity contribution in [2.75, 3.05) is 7.11 Å². The molecule has 0 aliphatic heterocycles. The second-order valence-corrected chi connectivity index (χ2v) is 10.3. The van der Waals surface area contributed by atoms with E-state index < -0.39 is 0 Å². The van der Waals surface area contributed by atoms with Gasteiger partial charge in [-0.25, -0.2) is 0 Å². The van der Waals surface area contributed by atoms with Crippen molar-refractivity contribution in [2.24, 2.45) is 29.1 Å². The van der Waals surface area contributed by atoms with Crippen LogP contribution in [0.25, 0.3) is 0 Å². The monoisotopic (exact) mass is 402 g/mol. The van der Waals surface area contributed by atoms with Crippen LogP contribution in [0.4, 0.5) is 0 Å². The summed E-state index contributed by atoms with van der Waals surface area (Å²) in [5.74, 6) is 11.4. The third-order valence-corrected chi connectivity index (χ3v) is 9.04. The summed E-state index contributed by atoms with van der Waals surface area (Å²) in [6.45, 7) is 4.54. The van der Waals surface area contributed by atoms with Gasteiger partial charge in [-0.1, -0.05) is 36.1 Å². The van der Waals surface area contributed by atoms with Crippen molar-refractivity contribution in [2.45, 2.75) is 71.1 Å². The van der Waals surface area contributed by atoms with Crippen molar-refractivity contribution in [1.82, 2.24) is 0 Å². The van der Waals surface area contributed by atoms with Gasteiger partial charge >= 0.3 is 0 Å². The molecule has 2 saturated carbocycles. The lowest BCUT2D eigenvalue weighted by Gasteiger charge is -2.55. The Balaban J connectivity index is 1.62. The van der Waals surface area contributed by atoms with E-state index in [0.717, 1.165) is 43.3 Å². The van der Waals surface area contributed by atoms with E-state index in [1.807, 2.05) is 6.92 Å². The van der Waals surface area contributed by atoms with Crippen LogP contribution < -0.4 is 4.74 Å². The van der Waals surface area contributed by atoms with E-state index in [0.29, 0.717) is 29.0 Å². The van der Waals surface area contributed by atoms with Gasteiger partial charge in [-0.3, -0.25) is 4.79 Å². The van der Waals surface area contributed by atoms with E-state index in [1.165, 1.54) is 36.8 Å². The highest BCUT2D eigenvalue weighted by Gasteiger charge is 2.58. The van der Waals surface area contributed by atoms with Gasteiger partial charge in [-0.2, -0.15) is 0 Å². The Morgan fingerprint density at radius 1 is 1.13 bits per heavy atom. The van der Waals surface area contributed by atoms with Crippen LogP contribution in [0.2, 0.25) is 0 Å². The lowest BCUT2D eigenvalue weighted by molar-refractivity contribution is -0.119. The predicted molar refractivity (Wildman–Crippen MR) is 120 cm³/mol. The van der Waals surface area contributed by atoms with Crippen molar-refractivity contribution in [3.8, 4) is 17.6 Å². The number of hydrogen-bond donors (Lipinski definition) is 0. The summed E-state index contributed by atoms with van der Waals surface area (Å²) in [7, 11) is 1.76. The van der Waals surface area contributed by atoms with Crippen molar-refractivity contribution in [1.29, 1.82) is 0 Å². The van der Waals surface area contributed by atoms with Crippen molar-refractivity contribution >= 4 is 5.78 Å². The van der Waals surface area contributed by atoms with Crippen molar-refractivity contribution < 1.29 is 9.53 Å². The minimum absolute atomic E-state index is 0.292. The number of rotatable bonds is 2. The van der Waals surface area contributed by atoms with E-state index >= 15 is 0 Å². The maximum Gasteiger partial charge on any atom is 0.137 e. The maximum absolute atomic E-state index is 12.2. The summed E-state index contributed by atoms with van der Waals surface area (Å²) >= 11 is 0. The lowest BCUT2D eigenvalue weighted by atomic mass is 9.49. The molecule has 0 aromatic heterocycles. The Hall–Kier alpha value is -2.01. The molecule has 0 saturated heterocycles. The lowest BCUT2D eigenvalue weighted by Crippen LogP contribution is -2.47. The zero-order valence-electron chi connectivity index (χ0n) is 18.7. The zero-order chi connectivity index (χ0) is 20.9. The smallest absolute Gasteiger partial charge is 0.137 e. The zero-order valence-corrected chi connectivity index (χ0v) is 18.7. The highest BCUT2D eigenvalue weighted by molar-refractivity contribution is 5.82. The number of ketones is 1. The topological polar surface area (TPSA) is 26.3 Å². The van der Waals surface area contributed by atoms with E-state index in [-0.39, 0.29) is 0 Å². The number of methoxy groups -OCH3 is 1. The first kappa shape index (κ1) is 19.9. The first-order chi connectivity index (χ1) is 14.5. The van der Waals surface area contributed by atoms with Gasteiger partial charge in [0.1, 0.15) is 11.5 Å².